The zero-order valence-corrected chi connectivity index (χ0v) is 14.4. The Bertz CT molecular complexity index is 718. The van der Waals surface area contributed by atoms with Crippen molar-refractivity contribution in [3.05, 3.63) is 47.7 Å². The molecule has 6 heteroatoms. The molecule has 2 atom stereocenters. The number of hydrogen-bond donors (Lipinski definition) is 3. The first-order valence-corrected chi connectivity index (χ1v) is 8.74. The topological polar surface area (TPSA) is 87.1 Å². The Morgan fingerprint density at radius 1 is 1.24 bits per heavy atom. The van der Waals surface area contributed by atoms with Gasteiger partial charge in [-0.3, -0.25) is 4.79 Å². The van der Waals surface area contributed by atoms with Crippen molar-refractivity contribution in [2.24, 2.45) is 5.92 Å². The van der Waals surface area contributed by atoms with Crippen LogP contribution in [0.25, 0.3) is 0 Å². The van der Waals surface area contributed by atoms with Crippen molar-refractivity contribution >= 4 is 17.4 Å². The number of aryl methyl sites for hydroxylation is 1. The van der Waals surface area contributed by atoms with Gasteiger partial charge in [-0.1, -0.05) is 12.5 Å². The molecule has 6 nitrogen and oxygen atoms in total. The van der Waals surface area contributed by atoms with Gasteiger partial charge in [-0.25, -0.2) is 0 Å². The lowest BCUT2D eigenvalue weighted by Crippen LogP contribution is -2.32. The number of benzene rings is 1. The number of rotatable bonds is 5. The van der Waals surface area contributed by atoms with Crippen molar-refractivity contribution in [3.63, 3.8) is 0 Å². The highest BCUT2D eigenvalue weighted by Crippen LogP contribution is 2.23. The molecule has 1 aliphatic carbocycles. The zero-order chi connectivity index (χ0) is 17.6. The van der Waals surface area contributed by atoms with Gasteiger partial charge in [-0.2, -0.15) is 5.10 Å². The highest BCUT2D eigenvalue weighted by molar-refractivity contribution is 5.95. The van der Waals surface area contributed by atoms with Crippen LogP contribution in [0.1, 0.15) is 41.7 Å². The predicted octanol–water partition coefficient (Wildman–Crippen LogP) is 2.81. The highest BCUT2D eigenvalue weighted by atomic mass is 16.3. The normalized spacial score (nSPS) is 20.1. The van der Waals surface area contributed by atoms with E-state index < -0.39 is 0 Å². The first-order chi connectivity index (χ1) is 12.1. The van der Waals surface area contributed by atoms with Crippen LogP contribution in [-0.4, -0.2) is 33.9 Å². The molecule has 1 heterocycles. The molecule has 0 spiro atoms. The van der Waals surface area contributed by atoms with E-state index in [2.05, 4.69) is 20.8 Å². The van der Waals surface area contributed by atoms with Crippen LogP contribution in [0.3, 0.4) is 0 Å². The van der Waals surface area contributed by atoms with Gasteiger partial charge >= 0.3 is 0 Å². The molecule has 0 bridgehead atoms. The Morgan fingerprint density at radius 2 is 2.12 bits per heavy atom. The molecule has 1 amide bonds. The largest absolute Gasteiger partial charge is 0.393 e. The minimum absolute atomic E-state index is 0.0984. The van der Waals surface area contributed by atoms with Crippen LogP contribution >= 0.6 is 0 Å². The van der Waals surface area contributed by atoms with E-state index >= 15 is 0 Å². The minimum atomic E-state index is -0.223. The van der Waals surface area contributed by atoms with Crippen LogP contribution in [0.5, 0.6) is 0 Å². The molecule has 132 valence electrons. The maximum absolute atomic E-state index is 12.4. The Balaban J connectivity index is 1.58. The second-order valence-electron chi connectivity index (χ2n) is 6.66. The van der Waals surface area contributed by atoms with Crippen molar-refractivity contribution in [1.29, 1.82) is 0 Å². The number of nitrogens with one attached hydrogen (secondary N) is 2. The molecule has 3 N–H and O–H groups in total. The summed E-state index contributed by atoms with van der Waals surface area (Å²) in [5.41, 5.74) is 2.24. The van der Waals surface area contributed by atoms with E-state index in [9.17, 15) is 9.90 Å². The molecule has 0 radical (unpaired) electrons. The average molecular weight is 340 g/mol. The van der Waals surface area contributed by atoms with Crippen molar-refractivity contribution in [2.45, 2.75) is 38.7 Å². The summed E-state index contributed by atoms with van der Waals surface area (Å²) in [6.07, 6.45) is 3.51. The molecule has 1 fully saturated rings. The number of aromatic nitrogens is 2. The first-order valence-electron chi connectivity index (χ1n) is 8.74. The second-order valence-corrected chi connectivity index (χ2v) is 6.66. The third kappa shape index (κ3) is 5.00. The minimum Gasteiger partial charge on any atom is -0.393 e. The fraction of sp³-hybridized carbons (Fsp3) is 0.421. The lowest BCUT2D eigenvalue weighted by molar-refractivity contribution is 0.0874. The van der Waals surface area contributed by atoms with Crippen LogP contribution < -0.4 is 10.6 Å². The van der Waals surface area contributed by atoms with Gasteiger partial charge in [-0.05, 0) is 62.4 Å². The summed E-state index contributed by atoms with van der Waals surface area (Å²) in [5, 5.41) is 23.9. The molecule has 2 unspecified atom stereocenters. The molecular formula is C19H24N4O2. The second kappa shape index (κ2) is 8.07. The third-order valence-corrected chi connectivity index (χ3v) is 4.50. The van der Waals surface area contributed by atoms with E-state index in [1.165, 1.54) is 0 Å². The summed E-state index contributed by atoms with van der Waals surface area (Å²) in [4.78, 5) is 12.4. The molecule has 1 aromatic heterocycles. The number of amides is 1. The Kier molecular flexibility index (Phi) is 5.60. The number of aliphatic hydroxyl groups is 1. The molecule has 0 saturated heterocycles. The monoisotopic (exact) mass is 340 g/mol. The maximum Gasteiger partial charge on any atom is 0.251 e. The number of aliphatic hydroxyl groups excluding tert-OH is 1. The summed E-state index contributed by atoms with van der Waals surface area (Å²) in [6, 6.07) is 11.0. The quantitative estimate of drug-likeness (QED) is 0.779. The number of anilines is 2. The zero-order valence-electron chi connectivity index (χ0n) is 14.4. The number of carbonyl (C=O) groups excluding carboxylic acids is 1. The smallest absolute Gasteiger partial charge is 0.251 e. The van der Waals surface area contributed by atoms with Gasteiger partial charge < -0.3 is 15.7 Å². The predicted molar refractivity (Wildman–Crippen MR) is 96.8 cm³/mol. The van der Waals surface area contributed by atoms with Gasteiger partial charge in [0.15, 0.2) is 5.82 Å². The first kappa shape index (κ1) is 17.4. The Morgan fingerprint density at radius 3 is 2.88 bits per heavy atom. The number of nitrogens with zero attached hydrogens (tertiary/aromatic N) is 2. The van der Waals surface area contributed by atoms with E-state index in [-0.39, 0.29) is 12.0 Å². The molecule has 0 aliphatic heterocycles. The summed E-state index contributed by atoms with van der Waals surface area (Å²) in [5.74, 6) is 0.898. The fourth-order valence-corrected chi connectivity index (χ4v) is 3.14. The molecule has 1 aromatic carbocycles. The van der Waals surface area contributed by atoms with Crippen molar-refractivity contribution < 1.29 is 9.90 Å². The van der Waals surface area contributed by atoms with Crippen molar-refractivity contribution in [3.8, 4) is 0 Å². The van der Waals surface area contributed by atoms with E-state index in [0.29, 0.717) is 23.8 Å². The summed E-state index contributed by atoms with van der Waals surface area (Å²) in [6.45, 7) is 2.49. The maximum atomic E-state index is 12.4. The van der Waals surface area contributed by atoms with E-state index in [1.807, 2.05) is 31.2 Å². The molecule has 1 aliphatic rings. The molecule has 3 rings (SSSR count). The molecule has 1 saturated carbocycles. The number of carbonyl (C=O) groups is 1. The van der Waals surface area contributed by atoms with Gasteiger partial charge in [-0.15, -0.1) is 5.10 Å². The standard InChI is InChI=1S/C19H24N4O2/c1-13-8-9-18(23-22-13)21-16-6-3-5-15(11-16)19(25)20-12-14-4-2-7-17(24)10-14/h3,5-6,8-9,11,14,17,24H,2,4,7,10,12H2,1H3,(H,20,25)(H,21,23). The SMILES string of the molecule is Cc1ccc(Nc2cccc(C(=O)NCC3CCCC(O)C3)c2)nn1. The third-order valence-electron chi connectivity index (χ3n) is 4.50. The molecular weight excluding hydrogens is 316 g/mol. The van der Waals surface area contributed by atoms with E-state index in [0.717, 1.165) is 37.1 Å². The average Bonchev–Trinajstić information content (AvgIpc) is 2.62. The molecule has 25 heavy (non-hydrogen) atoms. The summed E-state index contributed by atoms with van der Waals surface area (Å²) in [7, 11) is 0. The van der Waals surface area contributed by atoms with Crippen LogP contribution in [0.15, 0.2) is 36.4 Å². The van der Waals surface area contributed by atoms with Crippen LogP contribution in [0.2, 0.25) is 0 Å². The number of hydrogen-bond acceptors (Lipinski definition) is 5. The van der Waals surface area contributed by atoms with Gasteiger partial charge in [0.25, 0.3) is 5.91 Å². The Labute approximate surface area is 147 Å². The lowest BCUT2D eigenvalue weighted by Gasteiger charge is -2.25. The van der Waals surface area contributed by atoms with E-state index in [4.69, 9.17) is 0 Å². The van der Waals surface area contributed by atoms with Gasteiger partial charge in [0.05, 0.1) is 11.8 Å². The van der Waals surface area contributed by atoms with Gasteiger partial charge in [0.2, 0.25) is 0 Å². The van der Waals surface area contributed by atoms with Crippen molar-refractivity contribution in [1.82, 2.24) is 15.5 Å². The molecule has 2 aromatic rings. The lowest BCUT2D eigenvalue weighted by atomic mass is 9.87. The van der Waals surface area contributed by atoms with Gasteiger partial charge in [0.1, 0.15) is 0 Å². The van der Waals surface area contributed by atoms with Crippen LogP contribution in [0.4, 0.5) is 11.5 Å². The van der Waals surface area contributed by atoms with Crippen molar-refractivity contribution in [2.75, 3.05) is 11.9 Å². The van der Waals surface area contributed by atoms with Gasteiger partial charge in [0, 0.05) is 17.8 Å². The Hall–Kier alpha value is -2.47. The van der Waals surface area contributed by atoms with E-state index in [1.54, 1.807) is 12.1 Å². The van der Waals surface area contributed by atoms with Crippen LogP contribution in [0, 0.1) is 12.8 Å². The fourth-order valence-electron chi connectivity index (χ4n) is 3.14. The summed E-state index contributed by atoms with van der Waals surface area (Å²) >= 11 is 0. The van der Waals surface area contributed by atoms with Crippen LogP contribution in [-0.2, 0) is 0 Å². The highest BCUT2D eigenvalue weighted by Gasteiger charge is 2.20. The summed E-state index contributed by atoms with van der Waals surface area (Å²) < 4.78 is 0.